The van der Waals surface area contributed by atoms with Crippen LogP contribution in [0.4, 0.5) is 0 Å². The number of halogens is 1. The van der Waals surface area contributed by atoms with Gasteiger partial charge in [-0.15, -0.1) is 11.3 Å². The van der Waals surface area contributed by atoms with Gasteiger partial charge in [0, 0.05) is 29.6 Å². The van der Waals surface area contributed by atoms with E-state index in [1.54, 1.807) is 0 Å². The van der Waals surface area contributed by atoms with E-state index in [9.17, 15) is 4.79 Å². The second-order valence-electron chi connectivity index (χ2n) is 6.68. The van der Waals surface area contributed by atoms with Crippen molar-refractivity contribution in [1.82, 2.24) is 9.88 Å². The van der Waals surface area contributed by atoms with Crippen molar-refractivity contribution < 1.29 is 14.3 Å². The fourth-order valence-corrected chi connectivity index (χ4v) is 4.73. The zero-order chi connectivity index (χ0) is 18.1. The van der Waals surface area contributed by atoms with E-state index in [4.69, 9.17) is 21.1 Å². The quantitative estimate of drug-likeness (QED) is 0.792. The van der Waals surface area contributed by atoms with E-state index < -0.39 is 0 Å². The first kappa shape index (κ1) is 17.9. The molecule has 3 heterocycles. The van der Waals surface area contributed by atoms with Crippen LogP contribution in [0.3, 0.4) is 0 Å². The van der Waals surface area contributed by atoms with Crippen LogP contribution in [-0.2, 0) is 9.47 Å². The van der Waals surface area contributed by atoms with Crippen LogP contribution in [0.2, 0.25) is 5.02 Å². The van der Waals surface area contributed by atoms with Gasteiger partial charge in [-0.1, -0.05) is 23.7 Å². The standard InChI is InChI=1S/C19H21ClN2O3S/c1-12-16(26-17(21-12)14-3-2-4-15(20)11-14)18(23)22-7-5-13(6-8-22)19-24-9-10-25-19/h2-4,11,13,19H,5-10H2,1H3. The average Bonchev–Trinajstić information content (AvgIpc) is 3.31. The lowest BCUT2D eigenvalue weighted by atomic mass is 9.96. The number of likely N-dealkylation sites (tertiary alicyclic amines) is 1. The Hall–Kier alpha value is -1.47. The number of aryl methyl sites for hydroxylation is 1. The summed E-state index contributed by atoms with van der Waals surface area (Å²) in [4.78, 5) is 20.2. The van der Waals surface area contributed by atoms with Gasteiger partial charge < -0.3 is 14.4 Å². The molecular weight excluding hydrogens is 372 g/mol. The Morgan fingerprint density at radius 1 is 1.27 bits per heavy atom. The van der Waals surface area contributed by atoms with Gasteiger partial charge in [0.05, 0.1) is 18.9 Å². The highest BCUT2D eigenvalue weighted by Gasteiger charge is 2.33. The first-order valence-corrected chi connectivity index (χ1v) is 10.1. The topological polar surface area (TPSA) is 51.7 Å². The van der Waals surface area contributed by atoms with Crippen molar-refractivity contribution >= 4 is 28.8 Å². The first-order valence-electron chi connectivity index (χ1n) is 8.87. The summed E-state index contributed by atoms with van der Waals surface area (Å²) in [6, 6.07) is 7.57. The third-order valence-electron chi connectivity index (χ3n) is 4.92. The molecule has 4 rings (SSSR count). The summed E-state index contributed by atoms with van der Waals surface area (Å²) in [5, 5.41) is 1.50. The summed E-state index contributed by atoms with van der Waals surface area (Å²) >= 11 is 7.51. The molecule has 2 aliphatic heterocycles. The summed E-state index contributed by atoms with van der Waals surface area (Å²) in [6.45, 7) is 4.71. The Morgan fingerprint density at radius 2 is 2.00 bits per heavy atom. The lowest BCUT2D eigenvalue weighted by Crippen LogP contribution is -2.41. The van der Waals surface area contributed by atoms with Gasteiger partial charge in [0.15, 0.2) is 6.29 Å². The number of piperidine rings is 1. The monoisotopic (exact) mass is 392 g/mol. The van der Waals surface area contributed by atoms with Gasteiger partial charge in [0.2, 0.25) is 0 Å². The molecule has 138 valence electrons. The number of ether oxygens (including phenoxy) is 2. The lowest BCUT2D eigenvalue weighted by Gasteiger charge is -2.33. The van der Waals surface area contributed by atoms with E-state index >= 15 is 0 Å². The Morgan fingerprint density at radius 3 is 2.69 bits per heavy atom. The van der Waals surface area contributed by atoms with Gasteiger partial charge in [-0.05, 0) is 31.9 Å². The fraction of sp³-hybridized carbons (Fsp3) is 0.474. The molecule has 2 saturated heterocycles. The summed E-state index contributed by atoms with van der Waals surface area (Å²) < 4.78 is 11.2. The average molecular weight is 393 g/mol. The van der Waals surface area contributed by atoms with Crippen LogP contribution in [0, 0.1) is 12.8 Å². The van der Waals surface area contributed by atoms with Crippen molar-refractivity contribution in [3.8, 4) is 10.6 Å². The highest BCUT2D eigenvalue weighted by molar-refractivity contribution is 7.17. The molecule has 0 spiro atoms. The van der Waals surface area contributed by atoms with Crippen LogP contribution >= 0.6 is 22.9 Å². The molecule has 0 aliphatic carbocycles. The molecule has 2 aromatic rings. The Labute approximate surface area is 161 Å². The molecule has 1 aromatic carbocycles. The van der Waals surface area contributed by atoms with Gasteiger partial charge in [0.1, 0.15) is 9.88 Å². The molecule has 0 unspecified atom stereocenters. The SMILES string of the molecule is Cc1nc(-c2cccc(Cl)c2)sc1C(=O)N1CCC(C2OCCO2)CC1. The normalized spacial score (nSPS) is 19.2. The van der Waals surface area contributed by atoms with Crippen LogP contribution < -0.4 is 0 Å². The minimum absolute atomic E-state index is 0.0694. The number of carbonyl (C=O) groups excluding carboxylic acids is 1. The molecule has 5 nitrogen and oxygen atoms in total. The zero-order valence-corrected chi connectivity index (χ0v) is 16.2. The molecule has 1 amide bonds. The fourth-order valence-electron chi connectivity index (χ4n) is 3.51. The second-order valence-corrected chi connectivity index (χ2v) is 8.12. The van der Waals surface area contributed by atoms with Crippen molar-refractivity contribution in [2.75, 3.05) is 26.3 Å². The third-order valence-corrected chi connectivity index (χ3v) is 6.35. The largest absolute Gasteiger partial charge is 0.350 e. The Bertz CT molecular complexity index is 796. The number of carbonyl (C=O) groups is 1. The molecule has 2 aliphatic rings. The predicted molar refractivity (Wildman–Crippen MR) is 102 cm³/mol. The molecule has 26 heavy (non-hydrogen) atoms. The maximum Gasteiger partial charge on any atom is 0.265 e. The van der Waals surface area contributed by atoms with Gasteiger partial charge in [-0.2, -0.15) is 0 Å². The van der Waals surface area contributed by atoms with Crippen molar-refractivity contribution in [2.24, 2.45) is 5.92 Å². The number of benzene rings is 1. The molecule has 2 fully saturated rings. The van der Waals surface area contributed by atoms with E-state index in [1.165, 1.54) is 11.3 Å². The Balaban J connectivity index is 1.45. The van der Waals surface area contributed by atoms with E-state index in [2.05, 4.69) is 4.98 Å². The summed E-state index contributed by atoms with van der Waals surface area (Å²) in [5.74, 6) is 0.450. The maximum atomic E-state index is 13.0. The van der Waals surface area contributed by atoms with Crippen LogP contribution in [-0.4, -0.2) is 48.4 Å². The van der Waals surface area contributed by atoms with Gasteiger partial charge in [-0.25, -0.2) is 4.98 Å². The number of hydrogen-bond donors (Lipinski definition) is 0. The predicted octanol–water partition coefficient (Wildman–Crippen LogP) is 4.00. The number of aromatic nitrogens is 1. The van der Waals surface area contributed by atoms with Crippen molar-refractivity contribution in [3.05, 3.63) is 39.9 Å². The summed E-state index contributed by atoms with van der Waals surface area (Å²) in [7, 11) is 0. The van der Waals surface area contributed by atoms with Crippen LogP contribution in [0.25, 0.3) is 10.6 Å². The number of hydrogen-bond acceptors (Lipinski definition) is 5. The van der Waals surface area contributed by atoms with Gasteiger partial charge >= 0.3 is 0 Å². The minimum Gasteiger partial charge on any atom is -0.350 e. The van der Waals surface area contributed by atoms with Crippen molar-refractivity contribution in [3.63, 3.8) is 0 Å². The maximum absolute atomic E-state index is 13.0. The van der Waals surface area contributed by atoms with E-state index in [1.807, 2.05) is 36.1 Å². The zero-order valence-electron chi connectivity index (χ0n) is 14.6. The minimum atomic E-state index is -0.0909. The molecule has 7 heteroatoms. The lowest BCUT2D eigenvalue weighted by molar-refractivity contribution is -0.0956. The van der Waals surface area contributed by atoms with Crippen LogP contribution in [0.15, 0.2) is 24.3 Å². The number of amides is 1. The number of thiazole rings is 1. The highest BCUT2D eigenvalue weighted by atomic mass is 35.5. The molecule has 0 radical (unpaired) electrons. The van der Waals surface area contributed by atoms with Gasteiger partial charge in [-0.3, -0.25) is 4.79 Å². The number of nitrogens with zero attached hydrogens (tertiary/aromatic N) is 2. The first-order chi connectivity index (χ1) is 12.6. The van der Waals surface area contributed by atoms with Crippen LogP contribution in [0.1, 0.15) is 28.2 Å². The molecule has 1 aromatic heterocycles. The molecule has 0 N–H and O–H groups in total. The van der Waals surface area contributed by atoms with E-state index in [0.29, 0.717) is 29.0 Å². The molecule has 0 atom stereocenters. The molecule has 0 saturated carbocycles. The van der Waals surface area contributed by atoms with E-state index in [-0.39, 0.29) is 12.2 Å². The number of rotatable bonds is 3. The molecular formula is C19H21ClN2O3S. The van der Waals surface area contributed by atoms with Crippen molar-refractivity contribution in [2.45, 2.75) is 26.1 Å². The van der Waals surface area contributed by atoms with Crippen LogP contribution in [0.5, 0.6) is 0 Å². The van der Waals surface area contributed by atoms with Crippen molar-refractivity contribution in [1.29, 1.82) is 0 Å². The van der Waals surface area contributed by atoms with E-state index in [0.717, 1.165) is 42.2 Å². The second kappa shape index (κ2) is 7.64. The summed E-state index contributed by atoms with van der Waals surface area (Å²) in [5.41, 5.74) is 1.72. The highest BCUT2D eigenvalue weighted by Crippen LogP contribution is 2.32. The molecule has 0 bridgehead atoms. The Kier molecular flexibility index (Phi) is 5.27. The smallest absolute Gasteiger partial charge is 0.265 e. The summed E-state index contributed by atoms with van der Waals surface area (Å²) in [6.07, 6.45) is 1.73. The third kappa shape index (κ3) is 3.64. The van der Waals surface area contributed by atoms with Gasteiger partial charge in [0.25, 0.3) is 5.91 Å².